The van der Waals surface area contributed by atoms with E-state index in [1.54, 1.807) is 18.2 Å². The molecule has 0 fully saturated rings. The highest BCUT2D eigenvalue weighted by Crippen LogP contribution is 2.31. The molecule has 4 rings (SSSR count). The van der Waals surface area contributed by atoms with Crippen molar-refractivity contribution in [2.45, 2.75) is 13.5 Å². The number of carbonyl (C=O) groups excluding carboxylic acids is 1. The van der Waals surface area contributed by atoms with Crippen LogP contribution in [0.25, 0.3) is 22.2 Å². The van der Waals surface area contributed by atoms with Crippen molar-refractivity contribution in [1.29, 1.82) is 0 Å². The van der Waals surface area contributed by atoms with Gasteiger partial charge >= 0.3 is 0 Å². The maximum absolute atomic E-state index is 14.2. The van der Waals surface area contributed by atoms with E-state index in [0.717, 1.165) is 27.7 Å². The first-order chi connectivity index (χ1) is 13.9. The van der Waals surface area contributed by atoms with Crippen LogP contribution in [0.4, 0.5) is 4.39 Å². The molecule has 0 bridgehead atoms. The fourth-order valence-electron chi connectivity index (χ4n) is 3.29. The predicted molar refractivity (Wildman–Crippen MR) is 112 cm³/mol. The number of aryl methyl sites for hydroxylation is 1. The number of aromatic amines is 2. The Bertz CT molecular complexity index is 1290. The molecule has 5 nitrogen and oxygen atoms in total. The average Bonchev–Trinajstić information content (AvgIpc) is 3.04. The van der Waals surface area contributed by atoms with Gasteiger partial charge in [-0.15, -0.1) is 0 Å². The summed E-state index contributed by atoms with van der Waals surface area (Å²) in [4.78, 5) is 29.3. The highest BCUT2D eigenvalue weighted by Gasteiger charge is 2.14. The molecule has 0 aliphatic heterocycles. The number of hydrogen-bond acceptors (Lipinski definition) is 2. The van der Waals surface area contributed by atoms with Crippen LogP contribution in [0.3, 0.4) is 0 Å². The van der Waals surface area contributed by atoms with Crippen molar-refractivity contribution in [2.24, 2.45) is 0 Å². The van der Waals surface area contributed by atoms with Crippen LogP contribution in [0.15, 0.2) is 59.5 Å². The molecule has 3 N–H and O–H groups in total. The van der Waals surface area contributed by atoms with Crippen LogP contribution >= 0.6 is 11.6 Å². The van der Waals surface area contributed by atoms with Crippen LogP contribution in [-0.4, -0.2) is 15.9 Å². The maximum atomic E-state index is 14.2. The van der Waals surface area contributed by atoms with Gasteiger partial charge in [-0.25, -0.2) is 4.39 Å². The van der Waals surface area contributed by atoms with Crippen LogP contribution < -0.4 is 10.9 Å². The first-order valence-electron chi connectivity index (χ1n) is 8.96. The monoisotopic (exact) mass is 409 g/mol. The lowest BCUT2D eigenvalue weighted by Gasteiger charge is -2.06. The molecule has 2 aromatic carbocycles. The Labute approximate surface area is 170 Å². The Hall–Kier alpha value is -3.38. The van der Waals surface area contributed by atoms with Gasteiger partial charge in [0.2, 0.25) is 0 Å². The van der Waals surface area contributed by atoms with Crippen molar-refractivity contribution in [2.75, 3.05) is 0 Å². The van der Waals surface area contributed by atoms with Gasteiger partial charge in [-0.05, 0) is 48.4 Å². The molecule has 0 aliphatic rings. The molecule has 0 atom stereocenters. The fraction of sp³-hybridized carbons (Fsp3) is 0.0909. The number of nitrogens with one attached hydrogen (secondary N) is 3. The molecule has 0 unspecified atom stereocenters. The molecule has 7 heteroatoms. The SMILES string of the molecule is Cc1c(-c2ccccc2F)[nH]c2ccc(CNC(=O)c3c[nH]c(=O)c(Cl)c3)cc12. The van der Waals surface area contributed by atoms with Gasteiger partial charge in [-0.3, -0.25) is 9.59 Å². The summed E-state index contributed by atoms with van der Waals surface area (Å²) in [6.07, 6.45) is 1.32. The maximum Gasteiger partial charge on any atom is 0.266 e. The fourth-order valence-corrected chi connectivity index (χ4v) is 3.46. The Kier molecular flexibility index (Phi) is 4.94. The Morgan fingerprint density at radius 1 is 1.17 bits per heavy atom. The number of pyridine rings is 1. The second kappa shape index (κ2) is 7.56. The van der Waals surface area contributed by atoms with E-state index in [2.05, 4.69) is 15.3 Å². The molecule has 0 spiro atoms. The number of hydrogen-bond donors (Lipinski definition) is 3. The van der Waals surface area contributed by atoms with E-state index in [4.69, 9.17) is 11.6 Å². The van der Waals surface area contributed by atoms with Gasteiger partial charge in [-0.1, -0.05) is 29.8 Å². The third kappa shape index (κ3) is 3.67. The van der Waals surface area contributed by atoms with Gasteiger partial charge < -0.3 is 15.3 Å². The van der Waals surface area contributed by atoms with Crippen LogP contribution in [0.2, 0.25) is 5.02 Å². The van der Waals surface area contributed by atoms with Crippen LogP contribution in [0, 0.1) is 12.7 Å². The molecular formula is C22H17ClFN3O2. The summed E-state index contributed by atoms with van der Waals surface area (Å²) >= 11 is 5.77. The molecule has 1 amide bonds. The summed E-state index contributed by atoms with van der Waals surface area (Å²) in [6.45, 7) is 2.23. The lowest BCUT2D eigenvalue weighted by Crippen LogP contribution is -2.24. The van der Waals surface area contributed by atoms with Gasteiger partial charge in [0.05, 0.1) is 11.3 Å². The molecular weight excluding hydrogens is 393 g/mol. The highest BCUT2D eigenvalue weighted by atomic mass is 35.5. The molecule has 0 aliphatic carbocycles. The lowest BCUT2D eigenvalue weighted by atomic mass is 10.0. The normalized spacial score (nSPS) is 11.0. The molecule has 146 valence electrons. The quantitative estimate of drug-likeness (QED) is 0.462. The van der Waals surface area contributed by atoms with E-state index in [-0.39, 0.29) is 22.3 Å². The summed E-state index contributed by atoms with van der Waals surface area (Å²) in [5, 5.41) is 3.72. The van der Waals surface area contributed by atoms with Crippen molar-refractivity contribution >= 4 is 28.4 Å². The first kappa shape index (κ1) is 19.0. The highest BCUT2D eigenvalue weighted by molar-refractivity contribution is 6.30. The number of fused-ring (bicyclic) bond motifs is 1. The molecule has 4 aromatic rings. The summed E-state index contributed by atoms with van der Waals surface area (Å²) in [5.74, 6) is -0.629. The topological polar surface area (TPSA) is 77.8 Å². The number of carbonyl (C=O) groups is 1. The zero-order valence-electron chi connectivity index (χ0n) is 15.5. The van der Waals surface area contributed by atoms with Crippen LogP contribution in [-0.2, 0) is 6.54 Å². The van der Waals surface area contributed by atoms with Gasteiger partial charge in [0.1, 0.15) is 10.8 Å². The minimum absolute atomic E-state index is 0.0392. The molecule has 0 saturated carbocycles. The van der Waals surface area contributed by atoms with E-state index in [0.29, 0.717) is 12.1 Å². The van der Waals surface area contributed by atoms with Crippen molar-refractivity contribution in [3.8, 4) is 11.3 Å². The first-order valence-corrected chi connectivity index (χ1v) is 9.34. The number of benzene rings is 2. The molecule has 0 saturated heterocycles. The number of H-pyrrole nitrogens is 2. The zero-order chi connectivity index (χ0) is 20.5. The number of amides is 1. The summed E-state index contributed by atoms with van der Waals surface area (Å²) < 4.78 is 14.2. The Morgan fingerprint density at radius 2 is 1.97 bits per heavy atom. The van der Waals surface area contributed by atoms with Gasteiger partial charge in [-0.2, -0.15) is 0 Å². The largest absolute Gasteiger partial charge is 0.354 e. The molecule has 2 aromatic heterocycles. The number of aromatic nitrogens is 2. The Morgan fingerprint density at radius 3 is 2.72 bits per heavy atom. The second-order valence-corrected chi connectivity index (χ2v) is 7.14. The van der Waals surface area contributed by atoms with E-state index < -0.39 is 5.56 Å². The smallest absolute Gasteiger partial charge is 0.266 e. The van der Waals surface area contributed by atoms with Gasteiger partial charge in [0.15, 0.2) is 0 Å². The van der Waals surface area contributed by atoms with E-state index in [9.17, 15) is 14.0 Å². The van der Waals surface area contributed by atoms with Crippen molar-refractivity contribution in [3.05, 3.63) is 92.6 Å². The third-order valence-electron chi connectivity index (χ3n) is 4.84. The summed E-state index contributed by atoms with van der Waals surface area (Å²) in [6, 6.07) is 13.7. The lowest BCUT2D eigenvalue weighted by molar-refractivity contribution is 0.0950. The standard InChI is InChI=1S/C22H17ClFN3O2/c1-12-16-8-13(10-25-21(28)14-9-17(23)22(29)26-11-14)6-7-19(16)27-20(12)15-4-2-3-5-18(15)24/h2-9,11,27H,10H2,1H3,(H,25,28)(H,26,29). The summed E-state index contributed by atoms with van der Waals surface area (Å²) in [7, 11) is 0. The average molecular weight is 410 g/mol. The minimum Gasteiger partial charge on any atom is -0.354 e. The van der Waals surface area contributed by atoms with Crippen LogP contribution in [0.5, 0.6) is 0 Å². The number of halogens is 2. The minimum atomic E-state index is -0.442. The van der Waals surface area contributed by atoms with Crippen LogP contribution in [0.1, 0.15) is 21.5 Å². The van der Waals surface area contributed by atoms with Crippen molar-refractivity contribution in [3.63, 3.8) is 0 Å². The van der Waals surface area contributed by atoms with Crippen molar-refractivity contribution in [1.82, 2.24) is 15.3 Å². The number of rotatable bonds is 4. The van der Waals surface area contributed by atoms with Crippen molar-refractivity contribution < 1.29 is 9.18 Å². The summed E-state index contributed by atoms with van der Waals surface area (Å²) in [5.41, 5.74) is 3.81. The van der Waals surface area contributed by atoms with E-state index >= 15 is 0 Å². The van der Waals surface area contributed by atoms with E-state index in [1.165, 1.54) is 18.3 Å². The molecule has 2 heterocycles. The Balaban J connectivity index is 1.58. The third-order valence-corrected chi connectivity index (χ3v) is 5.12. The predicted octanol–water partition coefficient (Wildman–Crippen LogP) is 4.55. The van der Waals surface area contributed by atoms with Gasteiger partial charge in [0, 0.05) is 29.2 Å². The van der Waals surface area contributed by atoms with E-state index in [1.807, 2.05) is 25.1 Å². The zero-order valence-corrected chi connectivity index (χ0v) is 16.2. The second-order valence-electron chi connectivity index (χ2n) is 6.73. The molecule has 0 radical (unpaired) electrons. The van der Waals surface area contributed by atoms with Gasteiger partial charge in [0.25, 0.3) is 11.5 Å². The molecule has 29 heavy (non-hydrogen) atoms.